The first-order valence-corrected chi connectivity index (χ1v) is 4.02. The van der Waals surface area contributed by atoms with Crippen molar-refractivity contribution in [2.75, 3.05) is 14.1 Å². The summed E-state index contributed by atoms with van der Waals surface area (Å²) < 4.78 is 1.61. The minimum Gasteiger partial charge on any atom is -0.383 e. The van der Waals surface area contributed by atoms with Crippen molar-refractivity contribution in [2.45, 2.75) is 0 Å². The highest BCUT2D eigenvalue weighted by Gasteiger charge is 2.16. The molecular formula is C8H12N4O2. The Morgan fingerprint density at radius 1 is 1.64 bits per heavy atom. The molecule has 1 aromatic rings. The van der Waals surface area contributed by atoms with Crippen molar-refractivity contribution in [1.82, 2.24) is 14.5 Å². The van der Waals surface area contributed by atoms with Crippen molar-refractivity contribution >= 4 is 11.9 Å². The van der Waals surface area contributed by atoms with Gasteiger partial charge in [-0.2, -0.15) is 0 Å². The van der Waals surface area contributed by atoms with Crippen LogP contribution in [0.1, 0.15) is 5.69 Å². The van der Waals surface area contributed by atoms with Crippen molar-refractivity contribution < 1.29 is 4.92 Å². The molecule has 6 heteroatoms. The number of nitro groups is 1. The van der Waals surface area contributed by atoms with Gasteiger partial charge in [0.1, 0.15) is 5.69 Å². The van der Waals surface area contributed by atoms with Gasteiger partial charge in [0.15, 0.2) is 0 Å². The molecule has 0 bridgehead atoms. The fourth-order valence-corrected chi connectivity index (χ4v) is 0.980. The largest absolute Gasteiger partial charge is 0.389 e. The Morgan fingerprint density at radius 3 is 2.79 bits per heavy atom. The van der Waals surface area contributed by atoms with E-state index < -0.39 is 4.92 Å². The second-order valence-corrected chi connectivity index (χ2v) is 3.10. The number of hydrogen-bond donors (Lipinski definition) is 0. The smallest absolute Gasteiger partial charge is 0.383 e. The number of aromatic nitrogens is 2. The topological polar surface area (TPSA) is 64.2 Å². The molecule has 0 unspecified atom stereocenters. The summed E-state index contributed by atoms with van der Waals surface area (Å²) in [6.45, 7) is 0. The number of imidazole rings is 1. The van der Waals surface area contributed by atoms with Crippen LogP contribution in [0.5, 0.6) is 0 Å². The molecule has 6 nitrogen and oxygen atoms in total. The minimum atomic E-state index is -0.491. The zero-order valence-corrected chi connectivity index (χ0v) is 8.34. The van der Waals surface area contributed by atoms with Crippen LogP contribution in [0.15, 0.2) is 12.5 Å². The Labute approximate surface area is 81.6 Å². The summed E-state index contributed by atoms with van der Waals surface area (Å²) >= 11 is 0. The normalized spacial score (nSPS) is 10.8. The summed E-state index contributed by atoms with van der Waals surface area (Å²) in [4.78, 5) is 15.6. The van der Waals surface area contributed by atoms with Crippen molar-refractivity contribution in [3.63, 3.8) is 0 Å². The average molecular weight is 196 g/mol. The van der Waals surface area contributed by atoms with Gasteiger partial charge in [0, 0.05) is 27.3 Å². The lowest BCUT2D eigenvalue weighted by atomic mass is 10.4. The van der Waals surface area contributed by atoms with Gasteiger partial charge in [-0.1, -0.05) is 0 Å². The molecular weight excluding hydrogens is 184 g/mol. The molecule has 1 rings (SSSR count). The second kappa shape index (κ2) is 3.91. The van der Waals surface area contributed by atoms with E-state index >= 15 is 0 Å². The molecule has 0 aliphatic rings. The van der Waals surface area contributed by atoms with Crippen LogP contribution in [0.4, 0.5) is 5.82 Å². The van der Waals surface area contributed by atoms with Gasteiger partial charge in [-0.15, -0.1) is 0 Å². The van der Waals surface area contributed by atoms with Crippen LogP contribution < -0.4 is 0 Å². The standard InChI is InChI=1S/C8H12N4O2/c1-10(2)5-4-7-8(12(13)14)9-6-11(7)3/h4-6H,1-3H3. The molecule has 0 amide bonds. The van der Waals surface area contributed by atoms with Crippen molar-refractivity contribution in [3.05, 3.63) is 28.3 Å². The van der Waals surface area contributed by atoms with E-state index in [1.807, 2.05) is 14.1 Å². The molecule has 0 aliphatic heterocycles. The van der Waals surface area contributed by atoms with Crippen LogP contribution in [-0.2, 0) is 7.05 Å². The third kappa shape index (κ3) is 2.09. The number of hydrogen-bond acceptors (Lipinski definition) is 4. The molecule has 14 heavy (non-hydrogen) atoms. The van der Waals surface area contributed by atoms with Crippen LogP contribution in [-0.4, -0.2) is 33.5 Å². The first kappa shape index (κ1) is 10.2. The van der Waals surface area contributed by atoms with E-state index in [2.05, 4.69) is 4.98 Å². The fraction of sp³-hybridized carbons (Fsp3) is 0.375. The summed E-state index contributed by atoms with van der Waals surface area (Å²) in [6, 6.07) is 0. The molecule has 0 saturated heterocycles. The molecule has 0 spiro atoms. The van der Waals surface area contributed by atoms with Gasteiger partial charge in [0.2, 0.25) is 6.33 Å². The molecule has 1 aromatic heterocycles. The van der Waals surface area contributed by atoms with E-state index in [4.69, 9.17) is 0 Å². The molecule has 76 valence electrons. The third-order valence-electron chi connectivity index (χ3n) is 1.67. The Bertz CT molecular complexity index is 367. The maximum Gasteiger partial charge on any atom is 0.389 e. The van der Waals surface area contributed by atoms with Crippen molar-refractivity contribution in [2.24, 2.45) is 7.05 Å². The first-order chi connectivity index (χ1) is 6.52. The van der Waals surface area contributed by atoms with Crippen LogP contribution >= 0.6 is 0 Å². The van der Waals surface area contributed by atoms with Gasteiger partial charge in [-0.3, -0.25) is 0 Å². The van der Waals surface area contributed by atoms with Gasteiger partial charge in [0.25, 0.3) is 0 Å². The van der Waals surface area contributed by atoms with Crippen molar-refractivity contribution in [3.8, 4) is 0 Å². The summed E-state index contributed by atoms with van der Waals surface area (Å²) in [5, 5.41) is 10.6. The minimum absolute atomic E-state index is 0.120. The van der Waals surface area contributed by atoms with Gasteiger partial charge in [-0.25, -0.2) is 0 Å². The predicted molar refractivity (Wildman–Crippen MR) is 52.6 cm³/mol. The van der Waals surface area contributed by atoms with Gasteiger partial charge in [0.05, 0.1) is 0 Å². The number of rotatable bonds is 3. The zero-order valence-electron chi connectivity index (χ0n) is 8.34. The lowest BCUT2D eigenvalue weighted by Gasteiger charge is -2.02. The van der Waals surface area contributed by atoms with E-state index in [1.165, 1.54) is 6.33 Å². The lowest BCUT2D eigenvalue weighted by Crippen LogP contribution is -2.01. The molecule has 0 radical (unpaired) electrons. The van der Waals surface area contributed by atoms with Crippen LogP contribution in [0.3, 0.4) is 0 Å². The summed E-state index contributed by atoms with van der Waals surface area (Å²) in [5.41, 5.74) is 0.490. The molecule has 0 atom stereocenters. The van der Waals surface area contributed by atoms with Crippen LogP contribution in [0, 0.1) is 10.1 Å². The second-order valence-electron chi connectivity index (χ2n) is 3.10. The van der Waals surface area contributed by atoms with E-state index in [0.29, 0.717) is 5.69 Å². The maximum atomic E-state index is 10.6. The molecule has 0 aliphatic carbocycles. The van der Waals surface area contributed by atoms with Crippen LogP contribution in [0.25, 0.3) is 6.08 Å². The Hall–Kier alpha value is -1.85. The molecule has 0 saturated carbocycles. The Kier molecular flexibility index (Phi) is 2.85. The maximum absolute atomic E-state index is 10.6. The Balaban J connectivity index is 3.05. The monoisotopic (exact) mass is 196 g/mol. The molecule has 0 aromatic carbocycles. The first-order valence-electron chi connectivity index (χ1n) is 4.02. The SMILES string of the molecule is CN(C)C=Cc1c([N+](=O)[O-])ncn1C. The van der Waals surface area contributed by atoms with Gasteiger partial charge in [-0.05, 0) is 16.0 Å². The third-order valence-corrected chi connectivity index (χ3v) is 1.67. The zero-order chi connectivity index (χ0) is 10.7. The number of nitrogens with zero attached hydrogens (tertiary/aromatic N) is 4. The predicted octanol–water partition coefficient (Wildman–Crippen LogP) is 0.861. The summed E-state index contributed by atoms with van der Waals surface area (Å²) in [7, 11) is 5.41. The molecule has 1 heterocycles. The summed E-state index contributed by atoms with van der Waals surface area (Å²) in [6.07, 6.45) is 4.82. The van der Waals surface area contributed by atoms with Crippen LogP contribution in [0.2, 0.25) is 0 Å². The van der Waals surface area contributed by atoms with E-state index in [1.54, 1.807) is 28.8 Å². The highest BCUT2D eigenvalue weighted by Crippen LogP contribution is 2.16. The van der Waals surface area contributed by atoms with E-state index in [0.717, 1.165) is 0 Å². The number of aryl methyl sites for hydroxylation is 1. The molecule has 0 fully saturated rings. The van der Waals surface area contributed by atoms with E-state index in [-0.39, 0.29) is 5.82 Å². The lowest BCUT2D eigenvalue weighted by molar-refractivity contribution is -0.389. The highest BCUT2D eigenvalue weighted by atomic mass is 16.6. The molecule has 0 N–H and O–H groups in total. The average Bonchev–Trinajstić information content (AvgIpc) is 2.43. The van der Waals surface area contributed by atoms with Crippen molar-refractivity contribution in [1.29, 1.82) is 0 Å². The van der Waals surface area contributed by atoms with Gasteiger partial charge >= 0.3 is 5.82 Å². The van der Waals surface area contributed by atoms with Gasteiger partial charge < -0.3 is 19.6 Å². The highest BCUT2D eigenvalue weighted by molar-refractivity contribution is 5.53. The quantitative estimate of drug-likeness (QED) is 0.531. The Morgan fingerprint density at radius 2 is 2.29 bits per heavy atom. The summed E-state index contributed by atoms with van der Waals surface area (Å²) in [5.74, 6) is -0.120. The van der Waals surface area contributed by atoms with E-state index in [9.17, 15) is 10.1 Å². The fourth-order valence-electron chi connectivity index (χ4n) is 0.980.